The number of aliphatic hydroxyl groups excluding tert-OH is 9. The van der Waals surface area contributed by atoms with Crippen LogP contribution in [-0.2, 0) is 70.7 Å². The Bertz CT molecular complexity index is 2540. The highest BCUT2D eigenvalue weighted by Gasteiger charge is 2.60. The second kappa shape index (κ2) is 70.4. The first-order valence-electron chi connectivity index (χ1n) is 48.9. The van der Waals surface area contributed by atoms with Crippen LogP contribution < -0.4 is 0 Å². The van der Waals surface area contributed by atoms with Crippen LogP contribution in [0.3, 0.4) is 0 Å². The molecule has 708 valence electrons. The summed E-state index contributed by atoms with van der Waals surface area (Å²) in [4.78, 5) is 66.7. The van der Waals surface area contributed by atoms with Crippen LogP contribution in [0, 0.1) is 17.8 Å². The number of aliphatic hydroxyl groups is 9. The summed E-state index contributed by atoms with van der Waals surface area (Å²) in [7, 11) is -5.81. The van der Waals surface area contributed by atoms with Crippen LogP contribution in [0.5, 0.6) is 0 Å². The van der Waals surface area contributed by atoms with E-state index in [2.05, 4.69) is 48.5 Å². The molecule has 0 spiro atoms. The molecule has 0 radical (unpaired) electrons. The van der Waals surface area contributed by atoms with Gasteiger partial charge >= 0.3 is 31.7 Å². The molecule has 10 N–H and O–H groups in total. The first-order chi connectivity index (χ1) is 57.9. The molecule has 3 fully saturated rings. The van der Waals surface area contributed by atoms with E-state index in [4.69, 9.17) is 46.9 Å². The predicted octanol–water partition coefficient (Wildman–Crippen LogP) is 18.5. The van der Waals surface area contributed by atoms with Crippen molar-refractivity contribution in [3.05, 3.63) is 0 Å². The van der Waals surface area contributed by atoms with E-state index in [0.29, 0.717) is 49.9 Å². The van der Waals surface area contributed by atoms with Crippen LogP contribution in [0.4, 0.5) is 0 Å². The lowest BCUT2D eigenvalue weighted by molar-refractivity contribution is -0.360. The number of esters is 4. The number of phosphoric acid groups is 1. The van der Waals surface area contributed by atoms with Crippen molar-refractivity contribution in [2.24, 2.45) is 17.8 Å². The molecule has 3 rings (SSSR count). The van der Waals surface area contributed by atoms with Gasteiger partial charge in [-0.25, -0.2) is 4.57 Å². The van der Waals surface area contributed by atoms with Crippen molar-refractivity contribution in [3.8, 4) is 0 Å². The van der Waals surface area contributed by atoms with Crippen molar-refractivity contribution in [2.75, 3.05) is 26.4 Å². The third-order valence-electron chi connectivity index (χ3n) is 24.8. The summed E-state index contributed by atoms with van der Waals surface area (Å²) in [5.41, 5.74) is 0. The molecule has 3 aliphatic rings. The van der Waals surface area contributed by atoms with Gasteiger partial charge in [-0.05, 0) is 43.4 Å². The summed E-state index contributed by atoms with van der Waals surface area (Å²) in [6.07, 6.45) is 23.8. The Morgan fingerprint density at radius 2 is 0.625 bits per heavy atom. The highest BCUT2D eigenvalue weighted by Crippen LogP contribution is 2.49. The lowest BCUT2D eigenvalue weighted by atomic mass is 9.84. The Kier molecular flexibility index (Phi) is 65.5. The summed E-state index contributed by atoms with van der Waals surface area (Å²) in [6, 6.07) is 0. The third kappa shape index (κ3) is 50.9. The second-order valence-electron chi connectivity index (χ2n) is 36.1. The van der Waals surface area contributed by atoms with E-state index < -0.39 is 162 Å². The van der Waals surface area contributed by atoms with Gasteiger partial charge in [-0.1, -0.05) is 376 Å². The Labute approximate surface area is 725 Å². The SMILES string of the molecule is CCCCCCCCCCCCCCCC(=O)OCC1OC(OC2C(OC(=O)CCCCCCCCC(C)CCCCCCCC)C(O)C(O)C(OC3OC(CO)C(O)C(O)C3O)C2OP(=O)(O)OCC(COC(=O)CCCCCCCCC(C)CCCCCCCC)OC(=O)CCCCCCCCC(C)CCCCCCCC)C(O)C(O)C1O. The molecule has 2 aliphatic heterocycles. The molecule has 0 aromatic heterocycles. The molecule has 0 bridgehead atoms. The van der Waals surface area contributed by atoms with Gasteiger partial charge in [0.25, 0.3) is 0 Å². The van der Waals surface area contributed by atoms with E-state index in [1.807, 2.05) is 0 Å². The molecule has 25 nitrogen and oxygen atoms in total. The van der Waals surface area contributed by atoms with Gasteiger partial charge < -0.3 is 88.7 Å². The predicted molar refractivity (Wildman–Crippen MR) is 467 cm³/mol. The van der Waals surface area contributed by atoms with Crippen LogP contribution in [0.25, 0.3) is 0 Å². The van der Waals surface area contributed by atoms with Crippen molar-refractivity contribution in [2.45, 2.75) is 531 Å². The van der Waals surface area contributed by atoms with E-state index in [-0.39, 0.29) is 25.7 Å². The average Bonchev–Trinajstić information content (AvgIpc) is 0.753. The zero-order valence-corrected chi connectivity index (χ0v) is 77.0. The first-order valence-corrected chi connectivity index (χ1v) is 50.4. The van der Waals surface area contributed by atoms with Crippen molar-refractivity contribution in [1.82, 2.24) is 0 Å². The van der Waals surface area contributed by atoms with Crippen LogP contribution in [0.2, 0.25) is 0 Å². The molecule has 21 atom stereocenters. The molecule has 0 aromatic rings. The minimum absolute atomic E-state index is 0.0184. The third-order valence-corrected chi connectivity index (χ3v) is 25.8. The van der Waals surface area contributed by atoms with Crippen LogP contribution in [0.1, 0.15) is 427 Å². The highest BCUT2D eigenvalue weighted by atomic mass is 31.2. The summed E-state index contributed by atoms with van der Waals surface area (Å²) >= 11 is 0. The van der Waals surface area contributed by atoms with Gasteiger partial charge in [0.15, 0.2) is 24.8 Å². The maximum absolute atomic E-state index is 15.0. The zero-order valence-electron chi connectivity index (χ0n) is 76.1. The van der Waals surface area contributed by atoms with Crippen molar-refractivity contribution in [3.63, 3.8) is 0 Å². The van der Waals surface area contributed by atoms with Gasteiger partial charge in [0, 0.05) is 25.7 Å². The Hall–Kier alpha value is -2.53. The summed E-state index contributed by atoms with van der Waals surface area (Å²) in [5.74, 6) is -0.964. The van der Waals surface area contributed by atoms with Gasteiger partial charge in [-0.3, -0.25) is 28.2 Å². The standard InChI is InChI=1S/C94H177O25P/c1-8-12-16-20-24-25-26-27-28-29-30-43-54-64-78(97)111-70-76-82(101)84(103)88(107)94(115-76)118-91-89(116-80(99)66-56-46-36-33-42-52-62-73(7)59-49-39-23-19-15-11-4)85(104)86(105)90(117-93-87(106)83(102)81(100)75(67-95)114-93)92(91)119-120(108,109)112-69-74(113-79(98)65-55-45-35-32-41-51-61-72(6)58-48-38-22-18-14-10-3)68-110-77(96)63-53-44-34-31-40-50-60-71(5)57-47-37-21-17-13-9-2/h71-76,81-95,100-107H,8-70H2,1-7H3,(H,108,109). The van der Waals surface area contributed by atoms with E-state index in [0.717, 1.165) is 128 Å². The molecule has 1 aliphatic carbocycles. The number of hydrogen-bond acceptors (Lipinski definition) is 24. The van der Waals surface area contributed by atoms with Gasteiger partial charge in [-0.15, -0.1) is 0 Å². The first kappa shape index (κ1) is 112. The molecule has 2 heterocycles. The molecule has 120 heavy (non-hydrogen) atoms. The topological polar surface area (TPSA) is 380 Å². The van der Waals surface area contributed by atoms with E-state index in [1.54, 1.807) is 0 Å². The number of unbranched alkanes of at least 4 members (excludes halogenated alkanes) is 42. The lowest BCUT2D eigenvalue weighted by Crippen LogP contribution is -2.70. The number of carbonyl (C=O) groups excluding carboxylic acids is 4. The van der Waals surface area contributed by atoms with E-state index >= 15 is 0 Å². The normalized spacial score (nSPS) is 25.5. The minimum atomic E-state index is -5.81. The summed E-state index contributed by atoms with van der Waals surface area (Å²) in [6.45, 7) is 12.6. The number of phosphoric ester groups is 1. The second-order valence-corrected chi connectivity index (χ2v) is 37.5. The smallest absolute Gasteiger partial charge is 0.463 e. The van der Waals surface area contributed by atoms with E-state index in [9.17, 15) is 74.6 Å². The number of hydrogen-bond donors (Lipinski definition) is 10. The fourth-order valence-electron chi connectivity index (χ4n) is 16.8. The number of ether oxygens (including phenoxy) is 8. The summed E-state index contributed by atoms with van der Waals surface area (Å²) < 4.78 is 73.7. The van der Waals surface area contributed by atoms with E-state index in [1.165, 1.54) is 193 Å². The molecular formula is C94H177O25P. The minimum Gasteiger partial charge on any atom is -0.463 e. The van der Waals surface area contributed by atoms with Crippen molar-refractivity contribution < 1.29 is 122 Å². The summed E-state index contributed by atoms with van der Waals surface area (Å²) in [5, 5.41) is 103. The van der Waals surface area contributed by atoms with Gasteiger partial charge in [0.2, 0.25) is 0 Å². The Morgan fingerprint density at radius 1 is 0.325 bits per heavy atom. The molecule has 0 amide bonds. The molecule has 0 aromatic carbocycles. The maximum atomic E-state index is 15.0. The van der Waals surface area contributed by atoms with Crippen LogP contribution in [-0.4, -0.2) is 205 Å². The average molecular weight is 1740 g/mol. The number of carbonyl (C=O) groups is 4. The molecular weight excluding hydrogens is 1560 g/mol. The fraction of sp³-hybridized carbons (Fsp3) is 0.957. The van der Waals surface area contributed by atoms with Gasteiger partial charge in [0.1, 0.15) is 92.6 Å². The largest absolute Gasteiger partial charge is 0.472 e. The van der Waals surface area contributed by atoms with Gasteiger partial charge in [0.05, 0.1) is 13.2 Å². The van der Waals surface area contributed by atoms with Crippen LogP contribution >= 0.6 is 7.82 Å². The zero-order chi connectivity index (χ0) is 88.0. The Morgan fingerprint density at radius 3 is 0.992 bits per heavy atom. The van der Waals surface area contributed by atoms with Crippen molar-refractivity contribution in [1.29, 1.82) is 0 Å². The van der Waals surface area contributed by atoms with Crippen LogP contribution in [0.15, 0.2) is 0 Å². The molecule has 1 saturated carbocycles. The number of rotatable bonds is 78. The molecule has 21 unspecified atom stereocenters. The quantitative estimate of drug-likeness (QED) is 0.0117. The maximum Gasteiger partial charge on any atom is 0.472 e. The molecule has 2 saturated heterocycles. The van der Waals surface area contributed by atoms with Crippen molar-refractivity contribution >= 4 is 31.7 Å². The monoisotopic (exact) mass is 1740 g/mol. The Balaban J connectivity index is 1.93. The fourth-order valence-corrected chi connectivity index (χ4v) is 17.7. The lowest BCUT2D eigenvalue weighted by Gasteiger charge is -2.50. The molecule has 26 heteroatoms. The van der Waals surface area contributed by atoms with Gasteiger partial charge in [-0.2, -0.15) is 0 Å². The highest BCUT2D eigenvalue weighted by molar-refractivity contribution is 7.47.